The highest BCUT2D eigenvalue weighted by Gasteiger charge is 2.58. The number of benzene rings is 1. The van der Waals surface area contributed by atoms with Crippen molar-refractivity contribution in [2.75, 3.05) is 6.61 Å². The van der Waals surface area contributed by atoms with Crippen LogP contribution in [-0.4, -0.2) is 33.0 Å². The summed E-state index contributed by atoms with van der Waals surface area (Å²) >= 11 is 2.01. The molecule has 1 saturated carbocycles. The van der Waals surface area contributed by atoms with Gasteiger partial charge in [-0.15, -0.1) is 0 Å². The van der Waals surface area contributed by atoms with Crippen LogP contribution in [0.25, 0.3) is 0 Å². The molecule has 1 fully saturated rings. The van der Waals surface area contributed by atoms with Gasteiger partial charge in [0.15, 0.2) is 0 Å². The van der Waals surface area contributed by atoms with E-state index in [-0.39, 0.29) is 33.4 Å². The van der Waals surface area contributed by atoms with Gasteiger partial charge >= 0.3 is 5.97 Å². The smallest absolute Gasteiger partial charge is 0.314 e. The van der Waals surface area contributed by atoms with Crippen LogP contribution in [0.3, 0.4) is 0 Å². The second-order valence-electron chi connectivity index (χ2n) is 8.05. The zero-order valence-electron chi connectivity index (χ0n) is 14.5. The van der Waals surface area contributed by atoms with Crippen molar-refractivity contribution in [3.05, 3.63) is 22.8 Å². The molecule has 1 aromatic rings. The van der Waals surface area contributed by atoms with Crippen LogP contribution in [0, 0.1) is 11.3 Å². The molecule has 5 nitrogen and oxygen atoms in total. The van der Waals surface area contributed by atoms with Gasteiger partial charge in [0.25, 0.3) is 0 Å². The zero-order valence-corrected chi connectivity index (χ0v) is 16.7. The van der Waals surface area contributed by atoms with E-state index < -0.39 is 11.4 Å². The maximum absolute atomic E-state index is 12.5. The number of aliphatic hydroxyl groups excluding tert-OH is 1. The van der Waals surface area contributed by atoms with E-state index >= 15 is 0 Å². The molecular weight excluding hydrogens is 435 g/mol. The molecule has 0 bridgehead atoms. The van der Waals surface area contributed by atoms with E-state index in [4.69, 9.17) is 0 Å². The number of carboxylic acid groups (broad SMARTS) is 1. The van der Waals surface area contributed by atoms with Crippen LogP contribution in [0.2, 0.25) is 0 Å². The first-order valence-electron chi connectivity index (χ1n) is 8.73. The lowest BCUT2D eigenvalue weighted by Gasteiger charge is -2.53. The number of phenolic OH excluding ortho intramolecular Hbond substituents is 2. The fraction of sp³-hybridized carbons (Fsp3) is 0.632. The molecule has 138 valence electrons. The summed E-state index contributed by atoms with van der Waals surface area (Å²) in [6.45, 7) is 4.06. The summed E-state index contributed by atoms with van der Waals surface area (Å²) in [6, 6.07) is 1.44. The molecule has 2 unspecified atom stereocenters. The molecule has 4 N–H and O–H groups in total. The minimum Gasteiger partial charge on any atom is -0.508 e. The maximum Gasteiger partial charge on any atom is 0.314 e. The lowest BCUT2D eigenvalue weighted by Crippen LogP contribution is -2.54. The fourth-order valence-corrected chi connectivity index (χ4v) is 5.71. The van der Waals surface area contributed by atoms with Crippen molar-refractivity contribution in [3.8, 4) is 11.5 Å². The fourth-order valence-electron chi connectivity index (χ4n) is 5.24. The van der Waals surface area contributed by atoms with Crippen molar-refractivity contribution in [2.45, 2.75) is 55.3 Å². The quantitative estimate of drug-likeness (QED) is 0.314. The van der Waals surface area contributed by atoms with E-state index in [0.29, 0.717) is 36.0 Å². The minimum absolute atomic E-state index is 0.0312. The average molecular weight is 460 g/mol. The second kappa shape index (κ2) is 6.30. The van der Waals surface area contributed by atoms with Gasteiger partial charge in [0.1, 0.15) is 11.5 Å². The van der Waals surface area contributed by atoms with Crippen molar-refractivity contribution >= 4 is 28.6 Å². The van der Waals surface area contributed by atoms with Crippen molar-refractivity contribution in [1.29, 1.82) is 0 Å². The molecule has 25 heavy (non-hydrogen) atoms. The van der Waals surface area contributed by atoms with Gasteiger partial charge in [-0.3, -0.25) is 4.79 Å². The third-order valence-corrected chi connectivity index (χ3v) is 7.41. The monoisotopic (exact) mass is 460 g/mol. The molecule has 0 spiro atoms. The molecule has 3 rings (SSSR count). The summed E-state index contributed by atoms with van der Waals surface area (Å²) in [5.41, 5.74) is 0.114. The van der Waals surface area contributed by atoms with Crippen molar-refractivity contribution < 1.29 is 25.2 Å². The molecule has 1 aromatic carbocycles. The molecule has 6 heteroatoms. The van der Waals surface area contributed by atoms with Crippen LogP contribution in [-0.2, 0) is 16.6 Å². The Bertz CT molecular complexity index is 714. The van der Waals surface area contributed by atoms with Crippen LogP contribution in [0.5, 0.6) is 11.5 Å². The van der Waals surface area contributed by atoms with Gasteiger partial charge < -0.3 is 20.4 Å². The van der Waals surface area contributed by atoms with Gasteiger partial charge in [-0.1, -0.05) is 42.9 Å². The van der Waals surface area contributed by atoms with E-state index in [9.17, 15) is 25.2 Å². The first-order chi connectivity index (χ1) is 11.7. The standard InChI is InChI=1S/C19H25IO5/c1-18(2)6-3-7-19(17(24)25)14(18)5-4-10-15(19)13(22)8-11(16(10)23)12(20)9-21/h8,12,14,21-23H,3-7,9H2,1-2H3,(H,24,25)/t12?,14?,19-/m1/s1. The third kappa shape index (κ3) is 2.63. The van der Waals surface area contributed by atoms with E-state index in [0.717, 1.165) is 12.8 Å². The number of alkyl halides is 1. The summed E-state index contributed by atoms with van der Waals surface area (Å²) < 4.78 is -0.352. The summed E-state index contributed by atoms with van der Waals surface area (Å²) in [4.78, 5) is 12.5. The zero-order chi connectivity index (χ0) is 18.6. The highest BCUT2D eigenvalue weighted by molar-refractivity contribution is 14.1. The van der Waals surface area contributed by atoms with Gasteiger partial charge in [0, 0.05) is 16.7 Å². The summed E-state index contributed by atoms with van der Waals surface area (Å²) in [5, 5.41) is 41.1. The molecule has 0 amide bonds. The highest BCUT2D eigenvalue weighted by Crippen LogP contribution is 2.60. The van der Waals surface area contributed by atoms with Gasteiger partial charge in [0.2, 0.25) is 0 Å². The molecular formula is C19H25IO5. The van der Waals surface area contributed by atoms with Crippen molar-refractivity contribution in [2.24, 2.45) is 11.3 Å². The van der Waals surface area contributed by atoms with E-state index in [1.807, 2.05) is 22.6 Å². The van der Waals surface area contributed by atoms with Gasteiger partial charge in [-0.05, 0) is 43.1 Å². The van der Waals surface area contributed by atoms with Crippen LogP contribution < -0.4 is 0 Å². The number of aliphatic hydroxyl groups is 1. The summed E-state index contributed by atoms with van der Waals surface area (Å²) in [6.07, 6.45) is 3.44. The first-order valence-corrected chi connectivity index (χ1v) is 9.98. The Morgan fingerprint density at radius 2 is 2.04 bits per heavy atom. The Labute approximate surface area is 161 Å². The molecule has 2 aliphatic carbocycles. The number of phenols is 2. The number of carbonyl (C=O) groups is 1. The van der Waals surface area contributed by atoms with Crippen LogP contribution in [0.15, 0.2) is 6.07 Å². The van der Waals surface area contributed by atoms with Gasteiger partial charge in [0.05, 0.1) is 15.9 Å². The molecule has 0 aliphatic heterocycles. The van der Waals surface area contributed by atoms with E-state index in [1.165, 1.54) is 6.07 Å². The van der Waals surface area contributed by atoms with Crippen LogP contribution in [0.4, 0.5) is 0 Å². The topological polar surface area (TPSA) is 98.0 Å². The number of carboxylic acids is 1. The summed E-state index contributed by atoms with van der Waals surface area (Å²) in [5.74, 6) is -1.03. The first kappa shape index (κ1) is 18.8. The Kier molecular flexibility index (Phi) is 4.73. The lowest BCUT2D eigenvalue weighted by molar-refractivity contribution is -0.152. The number of aliphatic carboxylic acids is 1. The Hall–Kier alpha value is -1.02. The van der Waals surface area contributed by atoms with Crippen LogP contribution >= 0.6 is 22.6 Å². The van der Waals surface area contributed by atoms with E-state index in [1.54, 1.807) is 0 Å². The number of aromatic hydroxyl groups is 2. The summed E-state index contributed by atoms with van der Waals surface area (Å²) in [7, 11) is 0. The predicted molar refractivity (Wildman–Crippen MR) is 102 cm³/mol. The van der Waals surface area contributed by atoms with Gasteiger partial charge in [-0.25, -0.2) is 0 Å². The molecule has 2 aliphatic rings. The molecule has 0 saturated heterocycles. The van der Waals surface area contributed by atoms with Crippen LogP contribution in [0.1, 0.15) is 60.1 Å². The Morgan fingerprint density at radius 1 is 1.36 bits per heavy atom. The van der Waals surface area contributed by atoms with Gasteiger partial charge in [-0.2, -0.15) is 0 Å². The molecule has 0 radical (unpaired) electrons. The number of fused-ring (bicyclic) bond motifs is 3. The third-order valence-electron chi connectivity index (χ3n) is 6.35. The van der Waals surface area contributed by atoms with Crippen molar-refractivity contribution in [1.82, 2.24) is 0 Å². The Morgan fingerprint density at radius 3 is 2.64 bits per heavy atom. The SMILES string of the molecule is CC1(C)CCC[C@]2(C(=O)O)c3c(O)cc(C(I)CO)c(O)c3CCC12. The number of hydrogen-bond donors (Lipinski definition) is 4. The second-order valence-corrected chi connectivity index (χ2v) is 9.55. The predicted octanol–water partition coefficient (Wildman–Crippen LogP) is 3.66. The number of rotatable bonds is 3. The molecule has 0 heterocycles. The minimum atomic E-state index is -1.16. The molecule has 3 atom stereocenters. The normalized spacial score (nSPS) is 28.7. The van der Waals surface area contributed by atoms with Crippen molar-refractivity contribution in [3.63, 3.8) is 0 Å². The average Bonchev–Trinajstić information content (AvgIpc) is 2.55. The largest absolute Gasteiger partial charge is 0.508 e. The number of hydrogen-bond acceptors (Lipinski definition) is 4. The highest BCUT2D eigenvalue weighted by atomic mass is 127. The number of halogens is 1. The maximum atomic E-state index is 12.5. The molecule has 0 aromatic heterocycles. The van der Waals surface area contributed by atoms with E-state index in [2.05, 4.69) is 13.8 Å². The lowest BCUT2D eigenvalue weighted by atomic mass is 9.49. The Balaban J connectivity index is 2.28.